The highest BCUT2D eigenvalue weighted by atomic mass is 35.5. The van der Waals surface area contributed by atoms with E-state index in [0.29, 0.717) is 9.36 Å². The molecule has 170 valence electrons. The van der Waals surface area contributed by atoms with Crippen LogP contribution in [0.1, 0.15) is 12.5 Å². The number of anilines is 2. The summed E-state index contributed by atoms with van der Waals surface area (Å²) in [6.45, 7) is 3.33. The van der Waals surface area contributed by atoms with Crippen molar-refractivity contribution in [1.82, 2.24) is 10.2 Å². The lowest BCUT2D eigenvalue weighted by Crippen LogP contribution is -2.38. The molecule has 0 aliphatic heterocycles. The lowest BCUT2D eigenvalue weighted by molar-refractivity contribution is -0.114. The molecule has 32 heavy (non-hydrogen) atoms. The first-order chi connectivity index (χ1) is 15.2. The molecule has 0 unspecified atom stereocenters. The number of ether oxygens (including phenoxy) is 1. The number of carbonyl (C=O) groups is 1. The van der Waals surface area contributed by atoms with Crippen molar-refractivity contribution in [3.8, 4) is 5.75 Å². The summed E-state index contributed by atoms with van der Waals surface area (Å²) < 4.78 is 34.1. The minimum absolute atomic E-state index is 0.0375. The molecule has 0 fully saturated rings. The summed E-state index contributed by atoms with van der Waals surface area (Å²) in [7, 11) is -2.70. The quantitative estimate of drug-likeness (QED) is 0.333. The summed E-state index contributed by atoms with van der Waals surface area (Å²) in [6, 6.07) is 10.9. The molecule has 0 bridgehead atoms. The van der Waals surface area contributed by atoms with Crippen molar-refractivity contribution < 1.29 is 17.9 Å². The molecule has 3 aromatic rings. The smallest absolute Gasteiger partial charge is 0.264 e. The Kier molecular flexibility index (Phi) is 7.99. The number of halogens is 1. The Morgan fingerprint density at radius 1 is 1.22 bits per heavy atom. The molecule has 12 heteroatoms. The third kappa shape index (κ3) is 5.71. The van der Waals surface area contributed by atoms with E-state index in [1.54, 1.807) is 24.3 Å². The summed E-state index contributed by atoms with van der Waals surface area (Å²) in [4.78, 5) is 12.9. The zero-order valence-electron chi connectivity index (χ0n) is 17.5. The van der Waals surface area contributed by atoms with E-state index in [0.717, 1.165) is 15.6 Å². The Bertz CT molecular complexity index is 1200. The Hall–Kier alpha value is -2.34. The Labute approximate surface area is 200 Å². The van der Waals surface area contributed by atoms with Crippen LogP contribution >= 0.6 is 34.7 Å². The van der Waals surface area contributed by atoms with Crippen molar-refractivity contribution in [1.29, 1.82) is 0 Å². The average molecular weight is 513 g/mol. The standard InChI is InChI=1S/C20H21ClN4O4S3/c1-4-30-20-24-23-19(31-20)22-18(26)12-25(16-11-14(21)7-10-17(16)29-3)32(27,28)15-8-5-13(2)6-9-15/h5-11H,4,12H2,1-3H3,(H,22,23,26). The maximum atomic E-state index is 13.5. The summed E-state index contributed by atoms with van der Waals surface area (Å²) in [5.74, 6) is 0.502. The predicted octanol–water partition coefficient (Wildman–Crippen LogP) is 4.45. The second-order valence-corrected chi connectivity index (χ2v) is 11.3. The van der Waals surface area contributed by atoms with Gasteiger partial charge < -0.3 is 4.74 Å². The Morgan fingerprint density at radius 2 is 1.94 bits per heavy atom. The van der Waals surface area contributed by atoms with Crippen LogP contribution in [0.25, 0.3) is 0 Å². The summed E-state index contributed by atoms with van der Waals surface area (Å²) in [6.07, 6.45) is 0. The van der Waals surface area contributed by atoms with Crippen LogP contribution in [-0.2, 0) is 14.8 Å². The number of hydrogen-bond donors (Lipinski definition) is 1. The minimum Gasteiger partial charge on any atom is -0.495 e. The number of rotatable bonds is 9. The number of benzene rings is 2. The van der Waals surface area contributed by atoms with Crippen molar-refractivity contribution in [2.75, 3.05) is 29.0 Å². The van der Waals surface area contributed by atoms with Gasteiger partial charge in [-0.2, -0.15) is 0 Å². The third-order valence-electron chi connectivity index (χ3n) is 4.23. The first-order valence-corrected chi connectivity index (χ1v) is 13.1. The number of aromatic nitrogens is 2. The van der Waals surface area contributed by atoms with Gasteiger partial charge in [-0.3, -0.25) is 14.4 Å². The summed E-state index contributed by atoms with van der Waals surface area (Å²) in [5, 5.41) is 11.1. The summed E-state index contributed by atoms with van der Waals surface area (Å²) >= 11 is 8.86. The molecule has 8 nitrogen and oxygen atoms in total. The number of carbonyl (C=O) groups excluding carboxylic acids is 1. The van der Waals surface area contributed by atoms with E-state index in [-0.39, 0.29) is 21.5 Å². The average Bonchev–Trinajstić information content (AvgIpc) is 3.19. The fourth-order valence-electron chi connectivity index (χ4n) is 2.73. The number of sulfonamides is 1. The molecule has 0 aliphatic carbocycles. The van der Waals surface area contributed by atoms with Gasteiger partial charge in [0.1, 0.15) is 12.3 Å². The van der Waals surface area contributed by atoms with Gasteiger partial charge in [-0.1, -0.05) is 59.3 Å². The van der Waals surface area contributed by atoms with Gasteiger partial charge in [0.15, 0.2) is 4.34 Å². The van der Waals surface area contributed by atoms with Gasteiger partial charge in [-0.25, -0.2) is 8.42 Å². The number of amides is 1. The number of nitrogens with zero attached hydrogens (tertiary/aromatic N) is 3. The highest BCUT2D eigenvalue weighted by molar-refractivity contribution is 8.01. The fourth-order valence-corrected chi connectivity index (χ4v) is 5.98. The monoisotopic (exact) mass is 512 g/mol. The normalized spacial score (nSPS) is 11.2. The van der Waals surface area contributed by atoms with Crippen LogP contribution in [0.5, 0.6) is 5.75 Å². The summed E-state index contributed by atoms with van der Waals surface area (Å²) in [5.41, 5.74) is 1.06. The van der Waals surface area contributed by atoms with Crippen molar-refractivity contribution in [3.05, 3.63) is 53.1 Å². The molecule has 1 N–H and O–H groups in total. The molecule has 0 spiro atoms. The maximum Gasteiger partial charge on any atom is 0.264 e. The number of nitrogens with one attached hydrogen (secondary N) is 1. The van der Waals surface area contributed by atoms with Gasteiger partial charge in [-0.05, 0) is 43.0 Å². The first-order valence-electron chi connectivity index (χ1n) is 9.43. The van der Waals surface area contributed by atoms with E-state index >= 15 is 0 Å². The molecule has 2 aromatic carbocycles. The molecule has 0 radical (unpaired) electrons. The SMILES string of the molecule is CCSc1nnc(NC(=O)CN(c2cc(Cl)ccc2OC)S(=O)(=O)c2ccc(C)cc2)s1. The molecular weight excluding hydrogens is 492 g/mol. The number of thioether (sulfide) groups is 1. The molecule has 0 saturated carbocycles. The van der Waals surface area contributed by atoms with Gasteiger partial charge in [-0.15, -0.1) is 10.2 Å². The van der Waals surface area contributed by atoms with Gasteiger partial charge >= 0.3 is 0 Å². The van der Waals surface area contributed by atoms with Crippen LogP contribution in [0, 0.1) is 6.92 Å². The minimum atomic E-state index is -4.11. The maximum absolute atomic E-state index is 13.5. The largest absolute Gasteiger partial charge is 0.495 e. The lowest BCUT2D eigenvalue weighted by atomic mass is 10.2. The van der Waals surface area contributed by atoms with Crippen molar-refractivity contribution in [2.24, 2.45) is 0 Å². The zero-order chi connectivity index (χ0) is 23.3. The van der Waals surface area contributed by atoms with Crippen LogP contribution in [-0.4, -0.2) is 43.9 Å². The fraction of sp³-hybridized carbons (Fsp3) is 0.250. The van der Waals surface area contributed by atoms with Gasteiger partial charge in [0.25, 0.3) is 10.0 Å². The van der Waals surface area contributed by atoms with Gasteiger partial charge in [0.05, 0.1) is 17.7 Å². The molecule has 0 aliphatic rings. The molecule has 1 heterocycles. The molecule has 0 saturated heterocycles. The topological polar surface area (TPSA) is 101 Å². The van der Waals surface area contributed by atoms with Crippen LogP contribution < -0.4 is 14.4 Å². The van der Waals surface area contributed by atoms with E-state index in [4.69, 9.17) is 16.3 Å². The molecule has 0 atom stereocenters. The number of aryl methyl sites for hydroxylation is 1. The predicted molar refractivity (Wildman–Crippen MR) is 129 cm³/mol. The zero-order valence-corrected chi connectivity index (χ0v) is 20.7. The van der Waals surface area contributed by atoms with Gasteiger partial charge in [0, 0.05) is 5.02 Å². The second kappa shape index (κ2) is 10.5. The lowest BCUT2D eigenvalue weighted by Gasteiger charge is -2.25. The number of hydrogen-bond acceptors (Lipinski definition) is 8. The molecule has 1 aromatic heterocycles. The van der Waals surface area contributed by atoms with Gasteiger partial charge in [0.2, 0.25) is 11.0 Å². The third-order valence-corrected chi connectivity index (χ3v) is 8.09. The highest BCUT2D eigenvalue weighted by Crippen LogP contribution is 2.35. The van der Waals surface area contributed by atoms with Crippen LogP contribution in [0.3, 0.4) is 0 Å². The van der Waals surface area contributed by atoms with Crippen molar-refractivity contribution in [3.63, 3.8) is 0 Å². The number of methoxy groups -OCH3 is 1. The van der Waals surface area contributed by atoms with E-state index in [1.165, 1.54) is 48.4 Å². The Balaban J connectivity index is 1.97. The van der Waals surface area contributed by atoms with E-state index in [2.05, 4.69) is 15.5 Å². The van der Waals surface area contributed by atoms with Crippen molar-refractivity contribution in [2.45, 2.75) is 23.1 Å². The van der Waals surface area contributed by atoms with Crippen LogP contribution in [0.2, 0.25) is 5.02 Å². The van der Waals surface area contributed by atoms with Crippen molar-refractivity contribution >= 4 is 61.4 Å². The van der Waals surface area contributed by atoms with E-state index in [1.807, 2.05) is 13.8 Å². The van der Waals surface area contributed by atoms with E-state index < -0.39 is 22.5 Å². The Morgan fingerprint density at radius 3 is 2.59 bits per heavy atom. The van der Waals surface area contributed by atoms with Crippen LogP contribution in [0.15, 0.2) is 51.7 Å². The molecular formula is C20H21ClN4O4S3. The van der Waals surface area contributed by atoms with E-state index in [9.17, 15) is 13.2 Å². The first kappa shape index (κ1) is 24.3. The van der Waals surface area contributed by atoms with Crippen LogP contribution in [0.4, 0.5) is 10.8 Å². The highest BCUT2D eigenvalue weighted by Gasteiger charge is 2.30. The molecule has 3 rings (SSSR count). The molecule has 1 amide bonds. The second-order valence-electron chi connectivity index (χ2n) is 6.50.